The average Bonchev–Trinajstić information content (AvgIpc) is 2.79. The molecule has 3 rings (SSSR count). The van der Waals surface area contributed by atoms with Gasteiger partial charge >= 0.3 is 0 Å². The number of sulfonamides is 1. The van der Waals surface area contributed by atoms with Crippen molar-refractivity contribution in [3.8, 4) is 0 Å². The molecule has 9 heteroatoms. The first-order valence-electron chi connectivity index (χ1n) is 6.84. The second-order valence-electron chi connectivity index (χ2n) is 5.36. The predicted molar refractivity (Wildman–Crippen MR) is 78.6 cm³/mol. The Morgan fingerprint density at radius 3 is 2.71 bits per heavy atom. The molecule has 1 atom stereocenters. The Kier molecular flexibility index (Phi) is 3.64. The van der Waals surface area contributed by atoms with E-state index in [1.807, 2.05) is 19.1 Å². The molecule has 1 aliphatic rings. The van der Waals surface area contributed by atoms with E-state index >= 15 is 0 Å². The maximum absolute atomic E-state index is 11.3. The Bertz CT molecular complexity index is 688. The Morgan fingerprint density at radius 1 is 1.33 bits per heavy atom. The van der Waals surface area contributed by atoms with E-state index in [4.69, 9.17) is 0 Å². The van der Waals surface area contributed by atoms with Crippen LogP contribution in [0, 0.1) is 6.92 Å². The molecular formula is C12H18N6O2S. The van der Waals surface area contributed by atoms with Crippen molar-refractivity contribution >= 4 is 21.9 Å². The summed E-state index contributed by atoms with van der Waals surface area (Å²) in [5.74, 6) is 1.61. The van der Waals surface area contributed by atoms with Gasteiger partial charge in [-0.3, -0.25) is 0 Å². The zero-order valence-corrected chi connectivity index (χ0v) is 12.8. The summed E-state index contributed by atoms with van der Waals surface area (Å²) in [5.41, 5.74) is 0.727. The van der Waals surface area contributed by atoms with Gasteiger partial charge in [0.05, 0.1) is 6.04 Å². The lowest BCUT2D eigenvalue weighted by molar-refractivity contribution is 0.422. The van der Waals surface area contributed by atoms with Gasteiger partial charge in [-0.05, 0) is 31.9 Å². The molecule has 0 aliphatic carbocycles. The summed E-state index contributed by atoms with van der Waals surface area (Å²) in [6.07, 6.45) is 2.74. The van der Waals surface area contributed by atoms with E-state index in [0.717, 1.165) is 43.2 Å². The van der Waals surface area contributed by atoms with Gasteiger partial charge in [-0.15, -0.1) is 20.0 Å². The molecule has 1 N–H and O–H groups in total. The molecule has 21 heavy (non-hydrogen) atoms. The van der Waals surface area contributed by atoms with Gasteiger partial charge in [0.2, 0.25) is 0 Å². The van der Waals surface area contributed by atoms with Gasteiger partial charge in [0.1, 0.15) is 22.5 Å². The van der Waals surface area contributed by atoms with Crippen molar-refractivity contribution in [2.24, 2.45) is 0 Å². The summed E-state index contributed by atoms with van der Waals surface area (Å²) >= 11 is 0. The molecule has 1 aliphatic heterocycles. The molecule has 114 valence electrons. The monoisotopic (exact) mass is 310 g/mol. The number of hydrogen-bond acceptors (Lipinski definition) is 6. The molecule has 0 bridgehead atoms. The second kappa shape index (κ2) is 5.32. The highest BCUT2D eigenvalue weighted by Crippen LogP contribution is 2.19. The number of nitrogens with one attached hydrogen (secondary N) is 1. The number of hydrogen-bond donors (Lipinski definition) is 1. The number of aromatic nitrogens is 4. The van der Waals surface area contributed by atoms with Crippen LogP contribution in [0.2, 0.25) is 0 Å². The summed E-state index contributed by atoms with van der Waals surface area (Å²) in [6, 6.07) is 3.83. The highest BCUT2D eigenvalue weighted by Gasteiger charge is 2.24. The summed E-state index contributed by atoms with van der Waals surface area (Å²) in [7, 11) is -3.14. The average molecular weight is 310 g/mol. The van der Waals surface area contributed by atoms with Crippen LogP contribution in [0.1, 0.15) is 18.7 Å². The number of nitrogens with zero attached hydrogens (tertiary/aromatic N) is 5. The van der Waals surface area contributed by atoms with Crippen molar-refractivity contribution in [2.45, 2.75) is 25.8 Å². The van der Waals surface area contributed by atoms with Crippen molar-refractivity contribution in [3.63, 3.8) is 0 Å². The summed E-state index contributed by atoms with van der Waals surface area (Å²) in [4.78, 5) is 2.15. The van der Waals surface area contributed by atoms with Crippen LogP contribution in [0.3, 0.4) is 0 Å². The van der Waals surface area contributed by atoms with Crippen LogP contribution in [-0.2, 0) is 14.6 Å². The molecule has 3 heterocycles. The molecule has 0 spiro atoms. The topological polar surface area (TPSA) is 98.5 Å². The van der Waals surface area contributed by atoms with Crippen LogP contribution in [0.4, 0.5) is 5.82 Å². The highest BCUT2D eigenvalue weighted by molar-refractivity contribution is 7.95. The molecule has 1 saturated heterocycles. The zero-order valence-electron chi connectivity index (χ0n) is 12.0. The lowest BCUT2D eigenvalue weighted by Gasteiger charge is -2.32. The first kappa shape index (κ1) is 14.4. The van der Waals surface area contributed by atoms with E-state index in [1.54, 1.807) is 4.52 Å². The van der Waals surface area contributed by atoms with E-state index in [9.17, 15) is 8.76 Å². The number of piperidine rings is 1. The quantitative estimate of drug-likeness (QED) is 0.811. The summed E-state index contributed by atoms with van der Waals surface area (Å²) < 4.78 is 26.9. The molecule has 1 unspecified atom stereocenters. The third kappa shape index (κ3) is 3.20. The van der Waals surface area contributed by atoms with Gasteiger partial charge in [0, 0.05) is 13.1 Å². The minimum atomic E-state index is -3.14. The van der Waals surface area contributed by atoms with E-state index in [1.165, 1.54) is 6.26 Å². The van der Waals surface area contributed by atoms with Crippen molar-refractivity contribution in [2.75, 3.05) is 24.2 Å². The lowest BCUT2D eigenvalue weighted by atomic mass is 10.1. The van der Waals surface area contributed by atoms with Crippen LogP contribution < -0.4 is 9.62 Å². The predicted octanol–water partition coefficient (Wildman–Crippen LogP) is 0.166. The van der Waals surface area contributed by atoms with Gasteiger partial charge in [-0.1, -0.05) is 4.21 Å². The molecule has 2 aromatic heterocycles. The maximum atomic E-state index is 11.3. The molecule has 0 amide bonds. The van der Waals surface area contributed by atoms with Crippen molar-refractivity contribution < 1.29 is 8.76 Å². The minimum Gasteiger partial charge on any atom is -0.598 e. The van der Waals surface area contributed by atoms with Crippen molar-refractivity contribution in [1.29, 1.82) is 0 Å². The van der Waals surface area contributed by atoms with E-state index in [-0.39, 0.29) is 6.04 Å². The fraction of sp³-hybridized carbons (Fsp3) is 0.583. The number of rotatable bonds is 3. The van der Waals surface area contributed by atoms with Gasteiger partial charge < -0.3 is 9.45 Å². The Labute approximate surface area is 123 Å². The van der Waals surface area contributed by atoms with Crippen LogP contribution >= 0.6 is 0 Å². The van der Waals surface area contributed by atoms with E-state index < -0.39 is 10.4 Å². The number of aryl methyl sites for hydroxylation is 1. The smallest absolute Gasteiger partial charge is 0.178 e. The molecular weight excluding hydrogens is 292 g/mol. The third-order valence-electron chi connectivity index (χ3n) is 3.60. The molecule has 2 aromatic rings. The molecule has 1 fully saturated rings. The van der Waals surface area contributed by atoms with Crippen LogP contribution in [0.15, 0.2) is 12.1 Å². The summed E-state index contributed by atoms with van der Waals surface area (Å²) in [6.45, 7) is 3.40. The highest BCUT2D eigenvalue weighted by atomic mass is 32.3. The van der Waals surface area contributed by atoms with Gasteiger partial charge in [-0.2, -0.15) is 4.52 Å². The number of anilines is 1. The standard InChI is InChI=1S/C12H18N6O2S/c1-9-13-14-11-3-4-12(15-18(9)11)17-7-5-10(6-8-17)16-21(2,19)20/h3-4,10H,5-8H2,1-2H3,(H-,16,19,20). The van der Waals surface area contributed by atoms with Crippen LogP contribution in [-0.4, -0.2) is 49.8 Å². The van der Waals surface area contributed by atoms with Crippen LogP contribution in [0.5, 0.6) is 0 Å². The Morgan fingerprint density at radius 2 is 2.05 bits per heavy atom. The second-order valence-corrected chi connectivity index (χ2v) is 7.14. The van der Waals surface area contributed by atoms with Crippen molar-refractivity contribution in [3.05, 3.63) is 18.0 Å². The third-order valence-corrected chi connectivity index (χ3v) is 4.37. The minimum absolute atomic E-state index is 0.0108. The van der Waals surface area contributed by atoms with Gasteiger partial charge in [0.15, 0.2) is 11.5 Å². The Hall–Kier alpha value is -1.58. The summed E-state index contributed by atoms with van der Waals surface area (Å²) in [5, 5.41) is 12.5. The lowest BCUT2D eigenvalue weighted by Crippen LogP contribution is -2.46. The fourth-order valence-electron chi connectivity index (χ4n) is 2.58. The van der Waals surface area contributed by atoms with Crippen LogP contribution in [0.25, 0.3) is 5.65 Å². The van der Waals surface area contributed by atoms with Crippen molar-refractivity contribution in [1.82, 2.24) is 24.5 Å². The maximum Gasteiger partial charge on any atom is 0.178 e. The SMILES string of the molecule is Cc1nnc2ccc(N3CCC(N[S+](C)(=O)[O-])CC3)nn12. The molecule has 8 nitrogen and oxygen atoms in total. The first-order valence-corrected chi connectivity index (χ1v) is 8.73. The Balaban J connectivity index is 1.70. The normalized spacial score (nSPS) is 19.9. The largest absolute Gasteiger partial charge is 0.598 e. The van der Waals surface area contributed by atoms with E-state index in [2.05, 4.69) is 24.9 Å². The molecule has 0 saturated carbocycles. The van der Waals surface area contributed by atoms with Gasteiger partial charge in [0.25, 0.3) is 0 Å². The number of fused-ring (bicyclic) bond motifs is 1. The van der Waals surface area contributed by atoms with Gasteiger partial charge in [-0.25, -0.2) is 0 Å². The fourth-order valence-corrected chi connectivity index (χ4v) is 3.43. The first-order chi connectivity index (χ1) is 9.92. The van der Waals surface area contributed by atoms with E-state index in [0.29, 0.717) is 0 Å². The zero-order chi connectivity index (χ0) is 15.0. The molecule has 0 aromatic carbocycles. The molecule has 0 radical (unpaired) electrons.